The van der Waals surface area contributed by atoms with Crippen LogP contribution in [-0.2, 0) is 69.7 Å². The molecule has 12 nitrogen and oxygen atoms in total. The van der Waals surface area contributed by atoms with E-state index >= 15 is 17.6 Å². The Morgan fingerprint density at radius 3 is 1.57 bits per heavy atom. The zero-order valence-electron chi connectivity index (χ0n) is 42.7. The van der Waals surface area contributed by atoms with Gasteiger partial charge >= 0.3 is 24.0 Å². The molecule has 2 aromatic carbocycles. The van der Waals surface area contributed by atoms with E-state index in [1.54, 1.807) is 52.7 Å². The van der Waals surface area contributed by atoms with Crippen molar-refractivity contribution in [2.24, 2.45) is 14.1 Å². The molecule has 0 radical (unpaired) electrons. The first kappa shape index (κ1) is 60.0. The van der Waals surface area contributed by atoms with Crippen LogP contribution in [0.2, 0.25) is 0 Å². The van der Waals surface area contributed by atoms with Crippen molar-refractivity contribution in [3.63, 3.8) is 0 Å². The molecule has 0 spiro atoms. The molecule has 0 fully saturated rings. The monoisotopic (exact) mass is 1110 g/mol. The van der Waals surface area contributed by atoms with Gasteiger partial charge in [0.15, 0.2) is 37.9 Å². The molecule has 1 amide bonds. The average Bonchev–Trinajstić information content (AvgIpc) is 3.36. The van der Waals surface area contributed by atoms with Crippen LogP contribution in [0.3, 0.4) is 0 Å². The molecule has 0 aliphatic carbocycles. The summed E-state index contributed by atoms with van der Waals surface area (Å²) in [4.78, 5) is 21.0. The lowest BCUT2D eigenvalue weighted by Gasteiger charge is -2.12. The molecule has 1 N–H and O–H groups in total. The molecular formula is C54H60ClF10N7O5+4. The van der Waals surface area contributed by atoms with Crippen LogP contribution in [-0.4, -0.2) is 81.2 Å². The molecule has 6 aromatic rings. The highest BCUT2D eigenvalue weighted by molar-refractivity contribution is 6.17. The van der Waals surface area contributed by atoms with Crippen LogP contribution in [0.25, 0.3) is 34.2 Å². The lowest BCUT2D eigenvalue weighted by molar-refractivity contribution is -0.706. The number of pyridine rings is 2. The second-order valence-corrected chi connectivity index (χ2v) is 18.4. The van der Waals surface area contributed by atoms with Crippen molar-refractivity contribution >= 4 is 17.5 Å². The van der Waals surface area contributed by atoms with Crippen LogP contribution in [0, 0.1) is 30.2 Å². The number of unbranched alkanes of at least 4 members (excludes halogenated alkanes) is 3. The minimum atomic E-state index is -4.77. The maximum Gasteiger partial charge on any atom is 0.423 e. The van der Waals surface area contributed by atoms with E-state index in [0.29, 0.717) is 92.6 Å². The summed E-state index contributed by atoms with van der Waals surface area (Å²) in [6.07, 6.45) is 0.583. The van der Waals surface area contributed by atoms with Gasteiger partial charge in [-0.2, -0.15) is 35.5 Å². The molecule has 0 atom stereocenters. The number of hydrogen-bond acceptors (Lipinski definition) is 7. The Morgan fingerprint density at radius 2 is 1.08 bits per heavy atom. The van der Waals surface area contributed by atoms with E-state index in [2.05, 4.69) is 15.3 Å². The summed E-state index contributed by atoms with van der Waals surface area (Å²) in [7, 11) is 2.48. The Balaban J connectivity index is 1.21. The quantitative estimate of drug-likeness (QED) is 0.0227. The molecule has 414 valence electrons. The first-order chi connectivity index (χ1) is 36.7. The number of halogens is 11. The fraction of sp³-hybridized carbons (Fsp3) is 0.426. The largest absolute Gasteiger partial charge is 0.423 e. The molecule has 0 saturated carbocycles. The average molecular weight is 1110 g/mol. The number of aryl methyl sites for hydroxylation is 4. The molecular weight excluding hydrogens is 1050 g/mol. The number of carbonyl (C=O) groups excluding carboxylic acids is 1. The van der Waals surface area contributed by atoms with Crippen molar-refractivity contribution in [1.29, 1.82) is 0 Å². The molecule has 0 aliphatic rings. The Kier molecular flexibility index (Phi) is 22.2. The number of nitrogens with one attached hydrogen (secondary N) is 1. The Bertz CT molecular complexity index is 2950. The molecule has 0 aliphatic heterocycles. The molecule has 77 heavy (non-hydrogen) atoms. The van der Waals surface area contributed by atoms with Crippen LogP contribution in [0.5, 0.6) is 0 Å². The second kappa shape index (κ2) is 28.4. The highest BCUT2D eigenvalue weighted by Gasteiger charge is 2.38. The number of amides is 1. The van der Waals surface area contributed by atoms with E-state index in [1.165, 1.54) is 14.1 Å². The lowest BCUT2D eigenvalue weighted by atomic mass is 10.0. The van der Waals surface area contributed by atoms with Crippen LogP contribution >= 0.6 is 11.6 Å². The number of alkyl halides is 7. The maximum absolute atomic E-state index is 16.0. The summed E-state index contributed by atoms with van der Waals surface area (Å²) >= 11 is 5.68. The minimum absolute atomic E-state index is 0.0123. The van der Waals surface area contributed by atoms with Crippen molar-refractivity contribution in [3.05, 3.63) is 142 Å². The van der Waals surface area contributed by atoms with Crippen LogP contribution < -0.4 is 23.6 Å². The van der Waals surface area contributed by atoms with Gasteiger partial charge in [0.25, 0.3) is 11.4 Å². The van der Waals surface area contributed by atoms with Crippen LogP contribution in [0.4, 0.5) is 43.9 Å². The van der Waals surface area contributed by atoms with E-state index in [4.69, 9.17) is 30.5 Å². The van der Waals surface area contributed by atoms with Gasteiger partial charge in [0.1, 0.15) is 57.9 Å². The zero-order valence-corrected chi connectivity index (χ0v) is 43.4. The van der Waals surface area contributed by atoms with Gasteiger partial charge in [-0.25, -0.2) is 26.7 Å². The Labute approximate surface area is 444 Å². The summed E-state index contributed by atoms with van der Waals surface area (Å²) in [5.74, 6) is -4.30. The summed E-state index contributed by atoms with van der Waals surface area (Å²) in [5, 5.41) is 2.81. The van der Waals surface area contributed by atoms with E-state index in [0.717, 1.165) is 59.3 Å². The Hall–Kier alpha value is -6.20. The predicted molar refractivity (Wildman–Crippen MR) is 261 cm³/mol. The summed E-state index contributed by atoms with van der Waals surface area (Å²) in [6, 6.07) is 10.0. The fourth-order valence-corrected chi connectivity index (χ4v) is 8.49. The van der Waals surface area contributed by atoms with E-state index < -0.39 is 46.7 Å². The number of rotatable bonds is 28. The van der Waals surface area contributed by atoms with Gasteiger partial charge in [0, 0.05) is 73.0 Å². The normalized spacial score (nSPS) is 11.9. The van der Waals surface area contributed by atoms with Crippen molar-refractivity contribution in [2.75, 3.05) is 65.3 Å². The van der Waals surface area contributed by atoms with Crippen LogP contribution in [0.15, 0.2) is 85.7 Å². The van der Waals surface area contributed by atoms with Crippen molar-refractivity contribution in [3.8, 4) is 34.2 Å². The zero-order chi connectivity index (χ0) is 55.7. The SMILES string of the molecule is Cc1cc[n+](Cc2cc(F)cc(F)c2-c2ncc(C(F)(F)F)c[n+]2C)c(-c2cc(CCC(=O)NCCOCCOCCOCCOCCCCCCCl)cc[n+]2Cc2cc(F)cc(F)c2-c2ncc(C(F)(F)F)c[n+]2C)c1. The molecule has 4 heterocycles. The maximum atomic E-state index is 16.0. The van der Waals surface area contributed by atoms with Crippen LogP contribution in [0.1, 0.15) is 65.5 Å². The third-order valence-electron chi connectivity index (χ3n) is 12.1. The van der Waals surface area contributed by atoms with Gasteiger partial charge in [-0.1, -0.05) is 12.8 Å². The fourth-order valence-electron chi connectivity index (χ4n) is 8.30. The molecule has 0 saturated heterocycles. The second-order valence-electron chi connectivity index (χ2n) is 18.1. The van der Waals surface area contributed by atoms with Crippen molar-refractivity contribution in [1.82, 2.24) is 15.3 Å². The van der Waals surface area contributed by atoms with E-state index in [9.17, 15) is 31.1 Å². The molecule has 23 heteroatoms. The minimum Gasteiger partial charge on any atom is -0.379 e. The van der Waals surface area contributed by atoms with Gasteiger partial charge in [-0.3, -0.25) is 4.79 Å². The number of ether oxygens (including phenoxy) is 4. The van der Waals surface area contributed by atoms with E-state index in [-0.39, 0.29) is 85.5 Å². The number of hydrogen-bond donors (Lipinski definition) is 1. The number of benzene rings is 2. The molecule has 0 bridgehead atoms. The summed E-state index contributed by atoms with van der Waals surface area (Å²) in [6.45, 7) is 4.63. The van der Waals surface area contributed by atoms with Crippen molar-refractivity contribution < 1.29 is 85.9 Å². The first-order valence-corrected chi connectivity index (χ1v) is 25.3. The molecule has 0 unspecified atom stereocenters. The Morgan fingerprint density at radius 1 is 0.610 bits per heavy atom. The van der Waals surface area contributed by atoms with Gasteiger partial charge in [-0.15, -0.1) is 11.6 Å². The summed E-state index contributed by atoms with van der Waals surface area (Å²) < 4.78 is 171. The highest BCUT2D eigenvalue weighted by Crippen LogP contribution is 2.32. The van der Waals surface area contributed by atoms with Gasteiger partial charge < -0.3 is 24.3 Å². The third kappa shape index (κ3) is 17.7. The van der Waals surface area contributed by atoms with Gasteiger partial charge in [0.2, 0.25) is 5.91 Å². The van der Waals surface area contributed by atoms with Crippen molar-refractivity contribution in [2.45, 2.75) is 70.9 Å². The summed E-state index contributed by atoms with van der Waals surface area (Å²) in [5.41, 5.74) is -0.827. The first-order valence-electron chi connectivity index (χ1n) is 24.7. The van der Waals surface area contributed by atoms with E-state index in [1.807, 2.05) is 0 Å². The topological polar surface area (TPSA) is 107 Å². The lowest BCUT2D eigenvalue weighted by Crippen LogP contribution is -2.44. The molecule has 4 aromatic heterocycles. The number of carbonyl (C=O) groups is 1. The smallest absolute Gasteiger partial charge is 0.379 e. The standard InChI is InChI=1S/C54H59ClF10N7O5/c1-36-10-14-71(32-38-26-42(56)28-44(58)49(38)51-67-30-40(34-69(51)2)53(60,61)62)46(24-36)47-25-37(8-9-48(73)66-13-17-75-19-21-77-23-22-76-20-18-74-16-7-5-4-6-12-55)11-15-72(47)33-39-27-43(57)29-45(59)50(39)52-68-31-41(35-70(52)3)54(63,64)65/h10-11,14-15,24-31,34-35H,4-9,12-13,16-23,32-33H2,1-3H3/q+3/p+1. The third-order valence-corrected chi connectivity index (χ3v) is 12.4. The predicted octanol–water partition coefficient (Wildman–Crippen LogP) is 8.62. The van der Waals surface area contributed by atoms with Gasteiger partial charge in [0.05, 0.1) is 60.3 Å². The highest BCUT2D eigenvalue weighted by atomic mass is 35.5. The molecule has 6 rings (SSSR count). The number of aromatic nitrogens is 6. The van der Waals surface area contributed by atoms with Gasteiger partial charge in [-0.05, 0) is 59.4 Å². The number of nitrogens with zero attached hydrogens (tertiary/aromatic N) is 6.